The summed E-state index contributed by atoms with van der Waals surface area (Å²) in [6, 6.07) is 1.20. The molecule has 0 unspecified atom stereocenters. The van der Waals surface area contributed by atoms with Crippen molar-refractivity contribution in [1.82, 2.24) is 4.98 Å². The van der Waals surface area contributed by atoms with Crippen molar-refractivity contribution in [2.24, 2.45) is 0 Å². The van der Waals surface area contributed by atoms with E-state index in [2.05, 4.69) is 4.98 Å². The van der Waals surface area contributed by atoms with Crippen LogP contribution in [-0.4, -0.2) is 10.2 Å². The average Bonchev–Trinajstić information content (AvgIpc) is 2.07. The Bertz CT molecular complexity index is 382. The Morgan fingerprint density at radius 3 is 2.57 bits per heavy atom. The van der Waals surface area contributed by atoms with E-state index in [1.54, 1.807) is 0 Å². The van der Waals surface area contributed by atoms with Crippen molar-refractivity contribution in [3.8, 4) is 0 Å². The molecule has 1 aromatic rings. The third-order valence-electron chi connectivity index (χ3n) is 1.62. The van der Waals surface area contributed by atoms with Crippen LogP contribution in [0.4, 0.5) is 8.78 Å². The molecule has 1 heterocycles. The number of carbonyl (C=O) groups excluding carboxylic acids is 1. The van der Waals surface area contributed by atoms with E-state index in [1.165, 1.54) is 13.0 Å². The molecule has 0 spiro atoms. The van der Waals surface area contributed by atoms with Gasteiger partial charge in [0, 0.05) is 0 Å². The van der Waals surface area contributed by atoms with Gasteiger partial charge in [-0.3, -0.25) is 4.79 Å². The molecule has 0 aliphatic rings. The number of rotatable bonds is 2. The Balaban J connectivity index is 3.31. The van der Waals surface area contributed by atoms with E-state index in [-0.39, 0.29) is 16.3 Å². The standard InChI is InChI=1S/C8H5Cl2F2NO/c1-3-2-4(7(10)14)6(9)13-5(3)8(11)12/h2,8H,1H3. The van der Waals surface area contributed by atoms with E-state index in [4.69, 9.17) is 23.2 Å². The molecule has 0 saturated heterocycles. The summed E-state index contributed by atoms with van der Waals surface area (Å²) < 4.78 is 24.6. The maximum absolute atomic E-state index is 12.3. The van der Waals surface area contributed by atoms with Gasteiger partial charge in [-0.2, -0.15) is 0 Å². The fraction of sp³-hybridized carbons (Fsp3) is 0.250. The number of alkyl halides is 2. The molecular formula is C8H5Cl2F2NO. The van der Waals surface area contributed by atoms with Gasteiger partial charge in [0.1, 0.15) is 10.8 Å². The molecule has 0 atom stereocenters. The minimum absolute atomic E-state index is 0.0600. The minimum atomic E-state index is -2.72. The predicted molar refractivity (Wildman–Crippen MR) is 49.1 cm³/mol. The summed E-state index contributed by atoms with van der Waals surface area (Å²) in [6.45, 7) is 1.41. The number of carbonyl (C=O) groups is 1. The Labute approximate surface area is 88.8 Å². The zero-order valence-electron chi connectivity index (χ0n) is 7.02. The third kappa shape index (κ3) is 2.19. The summed E-state index contributed by atoms with van der Waals surface area (Å²) in [5.74, 6) is 0. The first-order valence-corrected chi connectivity index (χ1v) is 4.34. The van der Waals surface area contributed by atoms with Crippen molar-refractivity contribution < 1.29 is 13.6 Å². The van der Waals surface area contributed by atoms with Crippen LogP contribution in [-0.2, 0) is 0 Å². The second-order valence-electron chi connectivity index (χ2n) is 2.60. The topological polar surface area (TPSA) is 30.0 Å². The number of aromatic nitrogens is 1. The lowest BCUT2D eigenvalue weighted by Gasteiger charge is -2.06. The summed E-state index contributed by atoms with van der Waals surface area (Å²) >= 11 is 10.7. The second-order valence-corrected chi connectivity index (χ2v) is 3.30. The molecule has 0 radical (unpaired) electrons. The summed E-state index contributed by atoms with van der Waals surface area (Å²) in [5.41, 5.74) is -0.305. The summed E-state index contributed by atoms with van der Waals surface area (Å²) in [7, 11) is 0. The SMILES string of the molecule is Cc1cc(C(=O)Cl)c(Cl)nc1C(F)F. The summed E-state index contributed by atoms with van der Waals surface area (Å²) in [6.07, 6.45) is -2.72. The molecule has 76 valence electrons. The Hall–Kier alpha value is -0.740. The fourth-order valence-electron chi connectivity index (χ4n) is 0.963. The average molecular weight is 240 g/mol. The number of nitrogens with zero attached hydrogens (tertiary/aromatic N) is 1. The van der Waals surface area contributed by atoms with Gasteiger partial charge in [-0.1, -0.05) is 11.6 Å². The largest absolute Gasteiger partial charge is 0.280 e. The van der Waals surface area contributed by atoms with Gasteiger partial charge in [0.2, 0.25) is 0 Å². The molecule has 0 amide bonds. The fourth-order valence-corrected chi connectivity index (χ4v) is 1.39. The van der Waals surface area contributed by atoms with E-state index in [1.807, 2.05) is 0 Å². The zero-order chi connectivity index (χ0) is 10.9. The Morgan fingerprint density at radius 1 is 1.57 bits per heavy atom. The van der Waals surface area contributed by atoms with E-state index in [0.717, 1.165) is 0 Å². The van der Waals surface area contributed by atoms with Gasteiger partial charge in [0.05, 0.1) is 5.56 Å². The molecule has 0 aliphatic heterocycles. The predicted octanol–water partition coefficient (Wildman–Crippen LogP) is 3.36. The van der Waals surface area contributed by atoms with Gasteiger partial charge in [0.15, 0.2) is 0 Å². The second kappa shape index (κ2) is 4.19. The molecule has 14 heavy (non-hydrogen) atoms. The van der Waals surface area contributed by atoms with E-state index >= 15 is 0 Å². The van der Waals surface area contributed by atoms with Crippen LogP contribution in [0.3, 0.4) is 0 Å². The monoisotopic (exact) mass is 239 g/mol. The van der Waals surface area contributed by atoms with Gasteiger partial charge in [0.25, 0.3) is 11.7 Å². The summed E-state index contributed by atoms with van der Waals surface area (Å²) in [5, 5.41) is -1.11. The lowest BCUT2D eigenvalue weighted by atomic mass is 10.1. The van der Waals surface area contributed by atoms with Crippen molar-refractivity contribution in [3.05, 3.63) is 28.0 Å². The highest BCUT2D eigenvalue weighted by molar-refractivity contribution is 6.68. The zero-order valence-corrected chi connectivity index (χ0v) is 8.53. The van der Waals surface area contributed by atoms with Crippen LogP contribution in [0.15, 0.2) is 6.07 Å². The van der Waals surface area contributed by atoms with Gasteiger partial charge >= 0.3 is 0 Å². The first-order chi connectivity index (χ1) is 6.43. The first-order valence-electron chi connectivity index (χ1n) is 3.58. The molecule has 0 N–H and O–H groups in total. The number of halogens is 4. The quantitative estimate of drug-likeness (QED) is 0.586. The number of aryl methyl sites for hydroxylation is 1. The van der Waals surface area contributed by atoms with Crippen LogP contribution < -0.4 is 0 Å². The maximum Gasteiger partial charge on any atom is 0.280 e. The molecule has 0 aliphatic carbocycles. The van der Waals surface area contributed by atoms with E-state index in [9.17, 15) is 13.6 Å². The highest BCUT2D eigenvalue weighted by atomic mass is 35.5. The van der Waals surface area contributed by atoms with Crippen LogP contribution in [0.2, 0.25) is 5.15 Å². The van der Waals surface area contributed by atoms with Crippen LogP contribution in [0.1, 0.15) is 28.0 Å². The lowest BCUT2D eigenvalue weighted by Crippen LogP contribution is -2.01. The molecule has 0 aromatic carbocycles. The number of hydrogen-bond acceptors (Lipinski definition) is 2. The number of hydrogen-bond donors (Lipinski definition) is 0. The van der Waals surface area contributed by atoms with Crippen LogP contribution in [0.25, 0.3) is 0 Å². The molecule has 2 nitrogen and oxygen atoms in total. The molecule has 1 rings (SSSR count). The van der Waals surface area contributed by atoms with Crippen LogP contribution in [0, 0.1) is 6.92 Å². The van der Waals surface area contributed by atoms with Crippen molar-refractivity contribution in [2.45, 2.75) is 13.3 Å². The van der Waals surface area contributed by atoms with E-state index in [0.29, 0.717) is 0 Å². The van der Waals surface area contributed by atoms with Crippen molar-refractivity contribution >= 4 is 28.4 Å². The maximum atomic E-state index is 12.3. The Morgan fingerprint density at radius 2 is 2.14 bits per heavy atom. The van der Waals surface area contributed by atoms with Crippen LogP contribution in [0.5, 0.6) is 0 Å². The van der Waals surface area contributed by atoms with E-state index < -0.39 is 17.4 Å². The highest BCUT2D eigenvalue weighted by Gasteiger charge is 2.17. The van der Waals surface area contributed by atoms with Crippen LogP contribution >= 0.6 is 23.2 Å². The molecule has 0 bridgehead atoms. The van der Waals surface area contributed by atoms with Gasteiger partial charge in [-0.25, -0.2) is 13.8 Å². The molecule has 1 aromatic heterocycles. The molecule has 6 heteroatoms. The van der Waals surface area contributed by atoms with Gasteiger partial charge in [-0.15, -0.1) is 0 Å². The highest BCUT2D eigenvalue weighted by Crippen LogP contribution is 2.25. The summed E-state index contributed by atoms with van der Waals surface area (Å²) in [4.78, 5) is 14.2. The normalized spacial score (nSPS) is 10.7. The first kappa shape index (κ1) is 11.3. The van der Waals surface area contributed by atoms with Crippen molar-refractivity contribution in [1.29, 1.82) is 0 Å². The third-order valence-corrected chi connectivity index (χ3v) is 2.12. The lowest BCUT2D eigenvalue weighted by molar-refractivity contribution is 0.108. The Kier molecular flexibility index (Phi) is 3.39. The molecule has 0 fully saturated rings. The smallest absolute Gasteiger partial charge is 0.275 e. The molecular weight excluding hydrogens is 235 g/mol. The molecule has 0 saturated carbocycles. The van der Waals surface area contributed by atoms with Gasteiger partial charge < -0.3 is 0 Å². The van der Waals surface area contributed by atoms with Gasteiger partial charge in [-0.05, 0) is 30.2 Å². The van der Waals surface area contributed by atoms with Crippen molar-refractivity contribution in [2.75, 3.05) is 0 Å². The number of pyridine rings is 1. The minimum Gasteiger partial charge on any atom is -0.275 e. The van der Waals surface area contributed by atoms with Crippen molar-refractivity contribution in [3.63, 3.8) is 0 Å².